The third-order valence-corrected chi connectivity index (χ3v) is 13.9. The highest BCUT2D eigenvalue weighted by atomic mass is 16.6. The molecule has 0 rings (SSSR count). The minimum Gasteiger partial charge on any atom is -0.462 e. The summed E-state index contributed by atoms with van der Waals surface area (Å²) in [5.41, 5.74) is 0. The summed E-state index contributed by atoms with van der Waals surface area (Å²) in [4.78, 5) is 38.3. The van der Waals surface area contributed by atoms with E-state index in [2.05, 4.69) is 142 Å². The number of rotatable bonds is 59. The molecule has 1 unspecified atom stereocenters. The summed E-state index contributed by atoms with van der Waals surface area (Å²) >= 11 is 0. The van der Waals surface area contributed by atoms with Gasteiger partial charge in [-0.15, -0.1) is 0 Å². The minimum absolute atomic E-state index is 0.0944. The third-order valence-electron chi connectivity index (χ3n) is 13.9. The summed E-state index contributed by atoms with van der Waals surface area (Å²) in [6, 6.07) is 0. The summed E-state index contributed by atoms with van der Waals surface area (Å²) in [5.74, 6) is -0.932. The van der Waals surface area contributed by atoms with Crippen molar-refractivity contribution in [2.75, 3.05) is 13.2 Å². The number of carbonyl (C=O) groups excluding carboxylic acids is 3. The molecule has 79 heavy (non-hydrogen) atoms. The van der Waals surface area contributed by atoms with Crippen LogP contribution in [0.5, 0.6) is 0 Å². The normalized spacial score (nSPS) is 12.9. The van der Waals surface area contributed by atoms with Crippen LogP contribution in [0.25, 0.3) is 0 Å². The predicted octanol–water partition coefficient (Wildman–Crippen LogP) is 22.8. The Kier molecular flexibility index (Phi) is 62.8. The van der Waals surface area contributed by atoms with Crippen LogP contribution in [-0.4, -0.2) is 37.2 Å². The average molecular weight is 1100 g/mol. The van der Waals surface area contributed by atoms with Crippen molar-refractivity contribution in [1.29, 1.82) is 0 Å². The van der Waals surface area contributed by atoms with Crippen molar-refractivity contribution < 1.29 is 28.6 Å². The van der Waals surface area contributed by atoms with Gasteiger partial charge in [0.2, 0.25) is 0 Å². The SMILES string of the molecule is CC/C=C\C/C=C\C/C=C\C/C=C\CCCCCCCCCCCCCCCCC(=O)OCC(COC(=O)CCCCC/C=C\C/C=C\C/C=C\CC)OC(=O)CCCCCCCC/C=C\C/C=C\C/C=C\CCCCCCC. The molecule has 0 saturated carbocycles. The van der Waals surface area contributed by atoms with Gasteiger partial charge in [-0.1, -0.05) is 277 Å². The van der Waals surface area contributed by atoms with Crippen LogP contribution in [0.1, 0.15) is 303 Å². The Labute approximate surface area is 488 Å². The average Bonchev–Trinajstić information content (AvgIpc) is 3.45. The molecule has 0 fully saturated rings. The second-order valence-electron chi connectivity index (χ2n) is 21.6. The van der Waals surface area contributed by atoms with E-state index in [0.29, 0.717) is 19.3 Å². The second-order valence-corrected chi connectivity index (χ2v) is 21.6. The fourth-order valence-electron chi connectivity index (χ4n) is 9.04. The highest BCUT2D eigenvalue weighted by Crippen LogP contribution is 2.16. The molecule has 0 aliphatic rings. The van der Waals surface area contributed by atoms with Gasteiger partial charge in [-0.25, -0.2) is 0 Å². The lowest BCUT2D eigenvalue weighted by molar-refractivity contribution is -0.167. The van der Waals surface area contributed by atoms with Crippen molar-refractivity contribution in [3.63, 3.8) is 0 Å². The molecule has 1 atom stereocenters. The van der Waals surface area contributed by atoms with Crippen molar-refractivity contribution in [2.24, 2.45) is 0 Å². The largest absolute Gasteiger partial charge is 0.462 e. The monoisotopic (exact) mass is 1090 g/mol. The van der Waals surface area contributed by atoms with E-state index < -0.39 is 6.10 Å². The zero-order valence-electron chi connectivity index (χ0n) is 51.6. The number of allylic oxidation sites excluding steroid dienone is 20. The molecule has 0 aliphatic heterocycles. The van der Waals surface area contributed by atoms with Crippen LogP contribution in [-0.2, 0) is 28.6 Å². The Hall–Kier alpha value is -4.19. The summed E-state index contributed by atoms with van der Waals surface area (Å²) in [7, 11) is 0. The topological polar surface area (TPSA) is 78.9 Å². The zero-order valence-corrected chi connectivity index (χ0v) is 51.6. The number of unbranched alkanes of at least 4 members (excludes halogenated alkanes) is 28. The molecule has 0 aliphatic carbocycles. The van der Waals surface area contributed by atoms with Crippen molar-refractivity contribution in [3.8, 4) is 0 Å². The van der Waals surface area contributed by atoms with Crippen LogP contribution >= 0.6 is 0 Å². The summed E-state index contributed by atoms with van der Waals surface area (Å²) in [5, 5.41) is 0. The first-order valence-electron chi connectivity index (χ1n) is 33.0. The predicted molar refractivity (Wildman–Crippen MR) is 343 cm³/mol. The fraction of sp³-hybridized carbons (Fsp3) is 0.685. The molecule has 450 valence electrons. The molecular formula is C73H122O6. The van der Waals surface area contributed by atoms with Gasteiger partial charge in [-0.05, 0) is 128 Å². The summed E-state index contributed by atoms with van der Waals surface area (Å²) in [6.07, 6.45) is 92.1. The van der Waals surface area contributed by atoms with Crippen LogP contribution in [0, 0.1) is 0 Å². The smallest absolute Gasteiger partial charge is 0.306 e. The van der Waals surface area contributed by atoms with E-state index in [0.717, 1.165) is 135 Å². The number of hydrogen-bond acceptors (Lipinski definition) is 6. The van der Waals surface area contributed by atoms with Gasteiger partial charge in [0.05, 0.1) is 0 Å². The number of carbonyl (C=O) groups is 3. The number of esters is 3. The molecule has 0 radical (unpaired) electrons. The fourth-order valence-corrected chi connectivity index (χ4v) is 9.04. The molecular weight excluding hydrogens is 973 g/mol. The molecule has 0 aromatic carbocycles. The molecule has 0 bridgehead atoms. The van der Waals surface area contributed by atoms with Crippen molar-refractivity contribution in [2.45, 2.75) is 309 Å². The third kappa shape index (κ3) is 64.5. The maximum Gasteiger partial charge on any atom is 0.306 e. The lowest BCUT2D eigenvalue weighted by Crippen LogP contribution is -2.30. The second kappa shape index (κ2) is 66.3. The van der Waals surface area contributed by atoms with Crippen molar-refractivity contribution in [3.05, 3.63) is 122 Å². The Balaban J connectivity index is 4.33. The molecule has 0 aromatic rings. The Morgan fingerprint density at radius 1 is 0.266 bits per heavy atom. The van der Waals surface area contributed by atoms with E-state index in [1.807, 2.05) is 0 Å². The van der Waals surface area contributed by atoms with E-state index in [1.54, 1.807) is 0 Å². The maximum atomic E-state index is 12.9. The van der Waals surface area contributed by atoms with Crippen molar-refractivity contribution in [1.82, 2.24) is 0 Å². The summed E-state index contributed by atoms with van der Waals surface area (Å²) < 4.78 is 16.9. The van der Waals surface area contributed by atoms with Gasteiger partial charge in [0, 0.05) is 19.3 Å². The summed E-state index contributed by atoms with van der Waals surface area (Å²) in [6.45, 7) is 6.38. The lowest BCUT2D eigenvalue weighted by atomic mass is 10.0. The Bertz CT molecular complexity index is 1640. The molecule has 0 amide bonds. The van der Waals surface area contributed by atoms with Crippen LogP contribution < -0.4 is 0 Å². The zero-order chi connectivity index (χ0) is 57.1. The van der Waals surface area contributed by atoms with Crippen LogP contribution in [0.3, 0.4) is 0 Å². The number of ether oxygens (including phenoxy) is 3. The highest BCUT2D eigenvalue weighted by molar-refractivity contribution is 5.71. The molecule has 6 nitrogen and oxygen atoms in total. The van der Waals surface area contributed by atoms with Gasteiger partial charge in [0.1, 0.15) is 13.2 Å². The molecule has 0 spiro atoms. The van der Waals surface area contributed by atoms with E-state index >= 15 is 0 Å². The quantitative estimate of drug-likeness (QED) is 0.0261. The van der Waals surface area contributed by atoms with E-state index in [9.17, 15) is 14.4 Å². The van der Waals surface area contributed by atoms with Crippen LogP contribution in [0.4, 0.5) is 0 Å². The molecule has 0 heterocycles. The van der Waals surface area contributed by atoms with Gasteiger partial charge < -0.3 is 14.2 Å². The van der Waals surface area contributed by atoms with Gasteiger partial charge in [0.15, 0.2) is 6.10 Å². The molecule has 0 N–H and O–H groups in total. The van der Waals surface area contributed by atoms with Gasteiger partial charge in [0.25, 0.3) is 0 Å². The molecule has 0 aromatic heterocycles. The Morgan fingerprint density at radius 3 is 0.785 bits per heavy atom. The first-order chi connectivity index (χ1) is 39.0. The standard InChI is InChI=1S/C73H122O6/c1-4-7-10-13-16-19-22-25-27-29-31-33-34-35-36-37-38-40-41-43-45-48-51-54-57-60-63-66-72(75)78-69-70(68-77-71(74)65-62-59-56-53-50-47-24-21-18-15-12-9-6-3)79-73(76)67-64-61-58-55-52-49-46-44-42-39-32-30-28-26-23-20-17-14-11-8-5-2/h7,9-10,12,16,18-19,21,23,25-27,30-33,42,44,47,50,70H,4-6,8,11,13-15,17,20,22,24,28-29,34-41,43,45-46,48-49,51-69H2,1-3H3/b10-7-,12-9-,19-16-,21-18-,26-23-,27-25-,32-30-,33-31-,44-42-,50-47-. The van der Waals surface area contributed by atoms with Gasteiger partial charge >= 0.3 is 17.9 Å². The van der Waals surface area contributed by atoms with Crippen LogP contribution in [0.2, 0.25) is 0 Å². The molecule has 6 heteroatoms. The number of hydrogen-bond donors (Lipinski definition) is 0. The van der Waals surface area contributed by atoms with E-state index in [-0.39, 0.29) is 31.1 Å². The van der Waals surface area contributed by atoms with Crippen LogP contribution in [0.15, 0.2) is 122 Å². The lowest BCUT2D eigenvalue weighted by Gasteiger charge is -2.18. The van der Waals surface area contributed by atoms with Gasteiger partial charge in [-0.3, -0.25) is 14.4 Å². The maximum absolute atomic E-state index is 12.9. The minimum atomic E-state index is -0.801. The first kappa shape index (κ1) is 74.8. The Morgan fingerprint density at radius 2 is 0.494 bits per heavy atom. The van der Waals surface area contributed by atoms with Crippen molar-refractivity contribution >= 4 is 17.9 Å². The van der Waals surface area contributed by atoms with Gasteiger partial charge in [-0.2, -0.15) is 0 Å². The van der Waals surface area contributed by atoms with E-state index in [1.165, 1.54) is 128 Å². The molecule has 0 saturated heterocycles. The highest BCUT2D eigenvalue weighted by Gasteiger charge is 2.19. The van der Waals surface area contributed by atoms with E-state index in [4.69, 9.17) is 14.2 Å². The first-order valence-corrected chi connectivity index (χ1v) is 33.0.